The van der Waals surface area contributed by atoms with Gasteiger partial charge in [-0.25, -0.2) is 0 Å². The van der Waals surface area contributed by atoms with Gasteiger partial charge in [-0.2, -0.15) is 0 Å². The third-order valence-corrected chi connectivity index (χ3v) is 3.23. The van der Waals surface area contributed by atoms with Crippen molar-refractivity contribution in [3.8, 4) is 0 Å². The van der Waals surface area contributed by atoms with Crippen LogP contribution in [0.25, 0.3) is 0 Å². The first-order valence-corrected chi connectivity index (χ1v) is 6.87. The van der Waals surface area contributed by atoms with Crippen LogP contribution in [0.4, 0.5) is 0 Å². The van der Waals surface area contributed by atoms with Crippen LogP contribution in [0, 0.1) is 0 Å². The van der Waals surface area contributed by atoms with E-state index in [0.717, 1.165) is 19.5 Å². The Kier molecular flexibility index (Phi) is 6.80. The van der Waals surface area contributed by atoms with Gasteiger partial charge in [0, 0.05) is 39.3 Å². The molecule has 0 radical (unpaired) electrons. The van der Waals surface area contributed by atoms with Crippen molar-refractivity contribution >= 4 is 11.8 Å². The summed E-state index contributed by atoms with van der Waals surface area (Å²) in [5.41, 5.74) is 0. The Morgan fingerprint density at radius 1 is 1.32 bits per heavy atom. The van der Waals surface area contributed by atoms with Crippen molar-refractivity contribution in [2.45, 2.75) is 26.3 Å². The van der Waals surface area contributed by atoms with Gasteiger partial charge in [0.2, 0.25) is 0 Å². The third-order valence-electron chi connectivity index (χ3n) is 3.23. The summed E-state index contributed by atoms with van der Waals surface area (Å²) in [5, 5.41) is 3.22. The molecule has 0 atom stereocenters. The second kappa shape index (κ2) is 8.12. The zero-order valence-corrected chi connectivity index (χ0v) is 12.1. The molecule has 0 saturated carbocycles. The fourth-order valence-corrected chi connectivity index (χ4v) is 2.09. The van der Waals surface area contributed by atoms with Crippen molar-refractivity contribution in [3.05, 3.63) is 0 Å². The van der Waals surface area contributed by atoms with E-state index in [0.29, 0.717) is 26.2 Å². The molecule has 2 amide bonds. The predicted molar refractivity (Wildman–Crippen MR) is 72.8 cm³/mol. The van der Waals surface area contributed by atoms with Gasteiger partial charge in [0.25, 0.3) is 0 Å². The summed E-state index contributed by atoms with van der Waals surface area (Å²) in [4.78, 5) is 27.7. The van der Waals surface area contributed by atoms with Gasteiger partial charge in [0.05, 0.1) is 6.61 Å². The smallest absolute Gasteiger partial charge is 0.312 e. The molecule has 0 aromatic heterocycles. The molecule has 0 unspecified atom stereocenters. The van der Waals surface area contributed by atoms with E-state index in [-0.39, 0.29) is 6.04 Å². The highest BCUT2D eigenvalue weighted by molar-refractivity contribution is 6.35. The van der Waals surface area contributed by atoms with Crippen LogP contribution in [0.1, 0.15) is 20.3 Å². The number of hydrogen-bond donors (Lipinski definition) is 1. The summed E-state index contributed by atoms with van der Waals surface area (Å²) in [5.74, 6) is -0.817. The molecule has 6 heteroatoms. The topological polar surface area (TPSA) is 61.9 Å². The zero-order valence-electron chi connectivity index (χ0n) is 12.1. The molecule has 1 heterocycles. The Morgan fingerprint density at radius 3 is 2.68 bits per heavy atom. The molecule has 0 aromatic carbocycles. The fourth-order valence-electron chi connectivity index (χ4n) is 2.09. The molecule has 0 bridgehead atoms. The number of nitrogens with zero attached hydrogens (tertiary/aromatic N) is 2. The Bertz CT molecular complexity index is 300. The van der Waals surface area contributed by atoms with Gasteiger partial charge in [-0.15, -0.1) is 0 Å². The lowest BCUT2D eigenvalue weighted by molar-refractivity contribution is -0.153. The SMILES string of the molecule is COCCN(C(=O)C(=O)N1CCCNCC1)C(C)C. The Morgan fingerprint density at radius 2 is 2.05 bits per heavy atom. The molecule has 0 aromatic rings. The van der Waals surface area contributed by atoms with E-state index < -0.39 is 11.8 Å². The van der Waals surface area contributed by atoms with E-state index in [4.69, 9.17) is 4.74 Å². The fraction of sp³-hybridized carbons (Fsp3) is 0.846. The second-order valence-corrected chi connectivity index (χ2v) is 4.98. The van der Waals surface area contributed by atoms with Crippen LogP contribution in [-0.2, 0) is 14.3 Å². The van der Waals surface area contributed by atoms with Gasteiger partial charge >= 0.3 is 11.8 Å². The van der Waals surface area contributed by atoms with E-state index in [1.165, 1.54) is 0 Å². The molecule has 1 aliphatic heterocycles. The molecule has 6 nitrogen and oxygen atoms in total. The largest absolute Gasteiger partial charge is 0.383 e. The number of carbonyl (C=O) groups excluding carboxylic acids is 2. The number of amides is 2. The zero-order chi connectivity index (χ0) is 14.3. The molecule has 1 saturated heterocycles. The minimum absolute atomic E-state index is 0.00305. The number of carbonyl (C=O) groups is 2. The maximum absolute atomic E-state index is 12.3. The van der Waals surface area contributed by atoms with Crippen LogP contribution in [0.3, 0.4) is 0 Å². The average molecular weight is 271 g/mol. The number of ether oxygens (including phenoxy) is 1. The number of hydrogen-bond acceptors (Lipinski definition) is 4. The second-order valence-electron chi connectivity index (χ2n) is 4.98. The van der Waals surface area contributed by atoms with Crippen molar-refractivity contribution in [2.24, 2.45) is 0 Å². The maximum Gasteiger partial charge on any atom is 0.312 e. The molecule has 1 rings (SSSR count). The summed E-state index contributed by atoms with van der Waals surface area (Å²) in [7, 11) is 1.59. The summed E-state index contributed by atoms with van der Waals surface area (Å²) in [6.07, 6.45) is 0.888. The quantitative estimate of drug-likeness (QED) is 0.713. The van der Waals surface area contributed by atoms with E-state index in [2.05, 4.69) is 5.32 Å². The van der Waals surface area contributed by atoms with Crippen LogP contribution >= 0.6 is 0 Å². The molecule has 19 heavy (non-hydrogen) atoms. The van der Waals surface area contributed by atoms with Crippen LogP contribution in [0.5, 0.6) is 0 Å². The lowest BCUT2D eigenvalue weighted by Crippen LogP contribution is -2.49. The van der Waals surface area contributed by atoms with Gasteiger partial charge < -0.3 is 19.9 Å². The average Bonchev–Trinajstić information content (AvgIpc) is 2.66. The highest BCUT2D eigenvalue weighted by Crippen LogP contribution is 2.04. The van der Waals surface area contributed by atoms with Gasteiger partial charge in [0.15, 0.2) is 0 Å². The van der Waals surface area contributed by atoms with Gasteiger partial charge in [0.1, 0.15) is 0 Å². The number of nitrogens with one attached hydrogen (secondary N) is 1. The normalized spacial score (nSPS) is 16.3. The van der Waals surface area contributed by atoms with Gasteiger partial charge in [-0.3, -0.25) is 9.59 Å². The predicted octanol–water partition coefficient (Wildman–Crippen LogP) is -0.308. The molecular formula is C13H25N3O3. The highest BCUT2D eigenvalue weighted by Gasteiger charge is 2.28. The Balaban J connectivity index is 2.63. The molecule has 1 fully saturated rings. The van der Waals surface area contributed by atoms with Crippen molar-refractivity contribution in [2.75, 3.05) is 46.4 Å². The standard InChI is InChI=1S/C13H25N3O3/c1-11(2)16(9-10-19-3)13(18)12(17)15-7-4-5-14-6-8-15/h11,14H,4-10H2,1-3H3. The van der Waals surface area contributed by atoms with Crippen molar-refractivity contribution in [1.82, 2.24) is 15.1 Å². The van der Waals surface area contributed by atoms with Crippen LogP contribution in [0.2, 0.25) is 0 Å². The van der Waals surface area contributed by atoms with Crippen molar-refractivity contribution in [3.63, 3.8) is 0 Å². The Labute approximate surface area is 115 Å². The first-order valence-electron chi connectivity index (χ1n) is 6.87. The Hall–Kier alpha value is -1.14. The number of rotatable bonds is 4. The molecule has 0 spiro atoms. The number of methoxy groups -OCH3 is 1. The van der Waals surface area contributed by atoms with E-state index in [9.17, 15) is 9.59 Å². The van der Waals surface area contributed by atoms with Crippen molar-refractivity contribution in [1.29, 1.82) is 0 Å². The summed E-state index contributed by atoms with van der Waals surface area (Å²) in [6, 6.07) is -0.00305. The van der Waals surface area contributed by atoms with Gasteiger partial charge in [-0.05, 0) is 26.8 Å². The van der Waals surface area contributed by atoms with Crippen LogP contribution in [0.15, 0.2) is 0 Å². The summed E-state index contributed by atoms with van der Waals surface area (Å²) >= 11 is 0. The first kappa shape index (κ1) is 15.9. The molecule has 1 N–H and O–H groups in total. The summed E-state index contributed by atoms with van der Waals surface area (Å²) in [6.45, 7) is 7.60. The van der Waals surface area contributed by atoms with E-state index in [1.54, 1.807) is 16.9 Å². The van der Waals surface area contributed by atoms with E-state index in [1.807, 2.05) is 13.8 Å². The molecular weight excluding hydrogens is 246 g/mol. The molecule has 110 valence electrons. The molecule has 0 aliphatic carbocycles. The molecule has 1 aliphatic rings. The summed E-state index contributed by atoms with van der Waals surface area (Å²) < 4.78 is 4.99. The first-order chi connectivity index (χ1) is 9.07. The third kappa shape index (κ3) is 4.80. The lowest BCUT2D eigenvalue weighted by atomic mass is 10.3. The highest BCUT2D eigenvalue weighted by atomic mass is 16.5. The van der Waals surface area contributed by atoms with Crippen LogP contribution in [-0.4, -0.2) is 74.1 Å². The van der Waals surface area contributed by atoms with Crippen LogP contribution < -0.4 is 5.32 Å². The minimum atomic E-state index is -0.422. The lowest BCUT2D eigenvalue weighted by Gasteiger charge is -2.28. The van der Waals surface area contributed by atoms with Gasteiger partial charge in [-0.1, -0.05) is 0 Å². The van der Waals surface area contributed by atoms with Crippen molar-refractivity contribution < 1.29 is 14.3 Å². The van der Waals surface area contributed by atoms with E-state index >= 15 is 0 Å². The minimum Gasteiger partial charge on any atom is -0.383 e. The monoisotopic (exact) mass is 271 g/mol. The maximum atomic E-state index is 12.3.